The fraction of sp³-hybridized carbons (Fsp3) is 0.385. The van der Waals surface area contributed by atoms with Gasteiger partial charge >= 0.3 is 0 Å². The lowest BCUT2D eigenvalue weighted by Crippen LogP contribution is -2.54. The lowest BCUT2D eigenvalue weighted by Gasteiger charge is -2.38. The number of anilines is 1. The number of hydrogen-bond acceptors (Lipinski definition) is 5. The summed E-state index contributed by atoms with van der Waals surface area (Å²) < 4.78 is 0. The Kier molecular flexibility index (Phi) is 4.10. The molecule has 6 heteroatoms. The normalized spacial score (nSPS) is 17.4. The van der Waals surface area contributed by atoms with Crippen LogP contribution in [0, 0.1) is 13.8 Å². The lowest BCUT2D eigenvalue weighted by atomic mass is 10.1. The molecule has 1 aromatic rings. The van der Waals surface area contributed by atoms with Gasteiger partial charge in [-0.2, -0.15) is 4.99 Å². The summed E-state index contributed by atoms with van der Waals surface area (Å²) in [6, 6.07) is 6.24. The second kappa shape index (κ2) is 5.09. The first-order chi connectivity index (χ1) is 8.29. The molecule has 0 radical (unpaired) electrons. The quantitative estimate of drug-likeness (QED) is 0.825. The van der Waals surface area contributed by atoms with Gasteiger partial charge in [-0.15, -0.1) is 12.4 Å². The molecule has 0 fully saturated rings. The molecule has 0 aliphatic carbocycles. The van der Waals surface area contributed by atoms with Crippen LogP contribution in [0.25, 0.3) is 0 Å². The van der Waals surface area contributed by atoms with E-state index in [1.165, 1.54) is 11.1 Å². The summed E-state index contributed by atoms with van der Waals surface area (Å²) in [7, 11) is 0. The van der Waals surface area contributed by atoms with Gasteiger partial charge in [-0.05, 0) is 51.0 Å². The first-order valence-corrected chi connectivity index (χ1v) is 5.87. The fourth-order valence-corrected chi connectivity index (χ4v) is 2.33. The van der Waals surface area contributed by atoms with E-state index in [4.69, 9.17) is 11.5 Å². The minimum atomic E-state index is -0.532. The SMILES string of the molecule is Cc1cc(C)cc(N2C(N)=NC(N)=NC2(C)C)c1.Cl. The Hall–Kier alpha value is -1.75. The van der Waals surface area contributed by atoms with Gasteiger partial charge in [-0.25, -0.2) is 4.99 Å². The molecule has 0 spiro atoms. The molecule has 104 valence electrons. The van der Waals surface area contributed by atoms with E-state index in [-0.39, 0.29) is 18.4 Å². The van der Waals surface area contributed by atoms with Crippen LogP contribution in [0.3, 0.4) is 0 Å². The smallest absolute Gasteiger partial charge is 0.220 e. The molecule has 0 bridgehead atoms. The number of guanidine groups is 2. The molecule has 5 nitrogen and oxygen atoms in total. The first kappa shape index (κ1) is 15.3. The summed E-state index contributed by atoms with van der Waals surface area (Å²) in [6.07, 6.45) is 0. The minimum absolute atomic E-state index is 0. The topological polar surface area (TPSA) is 80.0 Å². The van der Waals surface area contributed by atoms with Gasteiger partial charge in [-0.3, -0.25) is 4.90 Å². The van der Waals surface area contributed by atoms with Crippen molar-refractivity contribution in [3.8, 4) is 0 Å². The molecule has 1 aromatic carbocycles. The summed E-state index contributed by atoms with van der Waals surface area (Å²) in [5.41, 5.74) is 14.5. The van der Waals surface area contributed by atoms with Crippen LogP contribution in [0.5, 0.6) is 0 Å². The fourth-order valence-electron chi connectivity index (χ4n) is 2.33. The molecular formula is C13H20ClN5. The van der Waals surface area contributed by atoms with Gasteiger partial charge in [0.15, 0.2) is 0 Å². The Bertz CT molecular complexity index is 528. The molecule has 19 heavy (non-hydrogen) atoms. The van der Waals surface area contributed by atoms with Crippen LogP contribution in [0.1, 0.15) is 25.0 Å². The standard InChI is InChI=1S/C13H19N5.ClH/c1-8-5-9(2)7-10(6-8)18-12(15)16-11(14)17-13(18,3)4;/h5-7H,1-4H3,(H4,14,15,16,17);1H. The van der Waals surface area contributed by atoms with E-state index in [2.05, 4.69) is 42.0 Å². The average molecular weight is 282 g/mol. The van der Waals surface area contributed by atoms with Crippen LogP contribution in [-0.2, 0) is 0 Å². The molecule has 0 atom stereocenters. The first-order valence-electron chi connectivity index (χ1n) is 5.87. The van der Waals surface area contributed by atoms with E-state index in [0.29, 0.717) is 5.96 Å². The average Bonchev–Trinajstić information content (AvgIpc) is 2.11. The molecule has 2 rings (SSSR count). The van der Waals surface area contributed by atoms with Crippen LogP contribution in [0.4, 0.5) is 5.69 Å². The van der Waals surface area contributed by atoms with Crippen LogP contribution in [0.2, 0.25) is 0 Å². The van der Waals surface area contributed by atoms with E-state index in [1.54, 1.807) is 0 Å². The summed E-state index contributed by atoms with van der Waals surface area (Å²) >= 11 is 0. The molecule has 4 N–H and O–H groups in total. The highest BCUT2D eigenvalue weighted by Crippen LogP contribution is 2.28. The molecule has 0 aromatic heterocycles. The van der Waals surface area contributed by atoms with Gasteiger partial charge in [0.1, 0.15) is 5.66 Å². The predicted octanol–water partition coefficient (Wildman–Crippen LogP) is 1.91. The molecule has 1 aliphatic rings. The van der Waals surface area contributed by atoms with E-state index >= 15 is 0 Å². The number of aliphatic imine (C=N–C) groups is 2. The Labute approximate surface area is 119 Å². The number of nitrogens with zero attached hydrogens (tertiary/aromatic N) is 3. The second-order valence-electron chi connectivity index (χ2n) is 5.12. The highest BCUT2D eigenvalue weighted by atomic mass is 35.5. The molecule has 1 heterocycles. The van der Waals surface area contributed by atoms with Gasteiger partial charge in [0.05, 0.1) is 0 Å². The van der Waals surface area contributed by atoms with E-state index in [9.17, 15) is 0 Å². The largest absolute Gasteiger partial charge is 0.369 e. The number of nitrogens with two attached hydrogens (primary N) is 2. The molecule has 0 saturated heterocycles. The zero-order chi connectivity index (χ0) is 13.5. The van der Waals surface area contributed by atoms with E-state index in [1.807, 2.05) is 18.7 Å². The van der Waals surface area contributed by atoms with Gasteiger partial charge in [0.2, 0.25) is 11.9 Å². The van der Waals surface area contributed by atoms with E-state index < -0.39 is 5.66 Å². The van der Waals surface area contributed by atoms with Crippen molar-refractivity contribution in [3.63, 3.8) is 0 Å². The molecule has 1 aliphatic heterocycles. The summed E-state index contributed by atoms with van der Waals surface area (Å²) in [4.78, 5) is 10.3. The van der Waals surface area contributed by atoms with E-state index in [0.717, 1.165) is 5.69 Å². The van der Waals surface area contributed by atoms with Crippen LogP contribution >= 0.6 is 12.4 Å². The lowest BCUT2D eigenvalue weighted by molar-refractivity contribution is 0.534. The highest BCUT2D eigenvalue weighted by molar-refractivity contribution is 6.05. The third-order valence-corrected chi connectivity index (χ3v) is 2.86. The van der Waals surface area contributed by atoms with Crippen molar-refractivity contribution >= 4 is 30.0 Å². The van der Waals surface area contributed by atoms with Crippen molar-refractivity contribution in [2.24, 2.45) is 21.5 Å². The second-order valence-corrected chi connectivity index (χ2v) is 5.12. The summed E-state index contributed by atoms with van der Waals surface area (Å²) in [5, 5.41) is 0. The third kappa shape index (κ3) is 2.98. The van der Waals surface area contributed by atoms with Crippen molar-refractivity contribution < 1.29 is 0 Å². The zero-order valence-corrected chi connectivity index (χ0v) is 12.5. The molecule has 0 saturated carbocycles. The number of hydrogen-bond donors (Lipinski definition) is 2. The number of rotatable bonds is 1. The van der Waals surface area contributed by atoms with Crippen LogP contribution in [-0.4, -0.2) is 17.6 Å². The van der Waals surface area contributed by atoms with Crippen LogP contribution in [0.15, 0.2) is 28.2 Å². The molecule has 0 amide bonds. The van der Waals surface area contributed by atoms with Crippen molar-refractivity contribution in [2.75, 3.05) is 4.90 Å². The third-order valence-electron chi connectivity index (χ3n) is 2.86. The monoisotopic (exact) mass is 281 g/mol. The number of halogens is 1. The Morgan fingerprint density at radius 3 is 2.05 bits per heavy atom. The van der Waals surface area contributed by atoms with Crippen molar-refractivity contribution in [1.29, 1.82) is 0 Å². The summed E-state index contributed by atoms with van der Waals surface area (Å²) in [5.74, 6) is 0.593. The highest BCUT2D eigenvalue weighted by Gasteiger charge is 2.32. The van der Waals surface area contributed by atoms with Crippen LogP contribution < -0.4 is 16.4 Å². The van der Waals surface area contributed by atoms with Gasteiger partial charge in [-0.1, -0.05) is 6.07 Å². The zero-order valence-electron chi connectivity index (χ0n) is 11.6. The Morgan fingerprint density at radius 2 is 1.58 bits per heavy atom. The Morgan fingerprint density at radius 1 is 1.05 bits per heavy atom. The maximum atomic E-state index is 5.99. The Balaban J connectivity index is 0.00000180. The maximum Gasteiger partial charge on any atom is 0.220 e. The summed E-state index contributed by atoms with van der Waals surface area (Å²) in [6.45, 7) is 8.02. The van der Waals surface area contributed by atoms with Gasteiger partial charge in [0.25, 0.3) is 0 Å². The maximum absolute atomic E-state index is 5.99. The van der Waals surface area contributed by atoms with Crippen molar-refractivity contribution in [1.82, 2.24) is 0 Å². The minimum Gasteiger partial charge on any atom is -0.369 e. The number of benzene rings is 1. The van der Waals surface area contributed by atoms with Gasteiger partial charge in [0, 0.05) is 5.69 Å². The molecular weight excluding hydrogens is 262 g/mol. The predicted molar refractivity (Wildman–Crippen MR) is 83.0 cm³/mol. The van der Waals surface area contributed by atoms with Gasteiger partial charge < -0.3 is 11.5 Å². The van der Waals surface area contributed by atoms with Crippen molar-refractivity contribution in [2.45, 2.75) is 33.4 Å². The molecule has 0 unspecified atom stereocenters. The van der Waals surface area contributed by atoms with Crippen molar-refractivity contribution in [3.05, 3.63) is 29.3 Å². The number of aryl methyl sites for hydroxylation is 2.